The van der Waals surface area contributed by atoms with E-state index in [-0.39, 0.29) is 0 Å². The smallest absolute Gasteiger partial charge is 0.325 e. The van der Waals surface area contributed by atoms with Crippen LogP contribution in [0.5, 0.6) is 5.75 Å². The number of halogens is 1. The summed E-state index contributed by atoms with van der Waals surface area (Å²) in [4.78, 5) is 10.8. The van der Waals surface area contributed by atoms with Gasteiger partial charge in [-0.2, -0.15) is 0 Å². The van der Waals surface area contributed by atoms with Crippen LogP contribution in [-0.2, 0) is 11.4 Å². The monoisotopic (exact) mass is 291 g/mol. The Morgan fingerprint density at radius 1 is 1.25 bits per heavy atom. The zero-order valence-corrected chi connectivity index (χ0v) is 11.4. The number of benzene rings is 2. The molecule has 2 rings (SSSR count). The van der Waals surface area contributed by atoms with Gasteiger partial charge in [-0.05, 0) is 35.4 Å². The highest BCUT2D eigenvalue weighted by atomic mass is 35.5. The largest absolute Gasteiger partial charge is 0.489 e. The molecule has 0 fully saturated rings. The molecule has 5 heteroatoms. The summed E-state index contributed by atoms with van der Waals surface area (Å²) in [5, 5.41) is 9.55. The second-order valence-electron chi connectivity index (χ2n) is 4.30. The van der Waals surface area contributed by atoms with Crippen molar-refractivity contribution in [2.75, 3.05) is 0 Å². The van der Waals surface area contributed by atoms with Crippen LogP contribution in [0.4, 0.5) is 0 Å². The number of nitrogens with two attached hydrogens (primary N) is 1. The van der Waals surface area contributed by atoms with Gasteiger partial charge in [0.15, 0.2) is 0 Å². The van der Waals surface area contributed by atoms with Crippen molar-refractivity contribution in [3.63, 3.8) is 0 Å². The Morgan fingerprint density at radius 3 is 2.60 bits per heavy atom. The molecule has 0 saturated carbocycles. The lowest BCUT2D eigenvalue weighted by Gasteiger charge is -2.10. The average molecular weight is 292 g/mol. The second-order valence-corrected chi connectivity index (χ2v) is 4.74. The molecule has 2 aromatic rings. The molecule has 0 radical (unpaired) electrons. The van der Waals surface area contributed by atoms with Crippen molar-refractivity contribution in [1.82, 2.24) is 0 Å². The first-order valence-corrected chi connectivity index (χ1v) is 6.39. The number of rotatable bonds is 5. The summed E-state index contributed by atoms with van der Waals surface area (Å²) in [5.74, 6) is -0.492. The van der Waals surface area contributed by atoms with Crippen LogP contribution in [0.25, 0.3) is 0 Å². The number of hydrogen-bond acceptors (Lipinski definition) is 3. The highest BCUT2D eigenvalue weighted by Crippen LogP contribution is 2.19. The first-order valence-electron chi connectivity index (χ1n) is 6.02. The maximum atomic E-state index is 10.8. The van der Waals surface area contributed by atoms with Crippen LogP contribution < -0.4 is 10.5 Å². The fourth-order valence-electron chi connectivity index (χ4n) is 1.69. The van der Waals surface area contributed by atoms with Gasteiger partial charge in [0.25, 0.3) is 0 Å². The summed E-state index contributed by atoms with van der Waals surface area (Å²) in [6.07, 6.45) is 0. The van der Waals surface area contributed by atoms with Gasteiger partial charge in [-0.1, -0.05) is 35.9 Å². The highest BCUT2D eigenvalue weighted by molar-refractivity contribution is 6.30. The summed E-state index contributed by atoms with van der Waals surface area (Å²) in [6.45, 7) is 0.378. The Bertz CT molecular complexity index is 598. The lowest BCUT2D eigenvalue weighted by Crippen LogP contribution is -2.20. The van der Waals surface area contributed by atoms with Crippen molar-refractivity contribution >= 4 is 17.6 Å². The molecular formula is C15H14ClNO3. The van der Waals surface area contributed by atoms with Gasteiger partial charge in [0, 0.05) is 5.02 Å². The molecule has 2 aromatic carbocycles. The molecule has 0 saturated heterocycles. The highest BCUT2D eigenvalue weighted by Gasteiger charge is 2.14. The molecule has 4 nitrogen and oxygen atoms in total. The minimum absolute atomic E-state index is 0.378. The minimum Gasteiger partial charge on any atom is -0.489 e. The van der Waals surface area contributed by atoms with Gasteiger partial charge in [0.05, 0.1) is 0 Å². The number of carbonyl (C=O) groups is 1. The summed E-state index contributed by atoms with van der Waals surface area (Å²) >= 11 is 5.80. The Kier molecular flexibility index (Phi) is 4.61. The molecular weight excluding hydrogens is 278 g/mol. The third-order valence-corrected chi connectivity index (χ3v) is 3.05. The van der Waals surface area contributed by atoms with Crippen LogP contribution >= 0.6 is 11.6 Å². The summed E-state index contributed by atoms with van der Waals surface area (Å²) in [6, 6.07) is 13.0. The molecule has 1 atom stereocenters. The fourth-order valence-corrected chi connectivity index (χ4v) is 1.81. The molecule has 0 aliphatic carbocycles. The topological polar surface area (TPSA) is 72.6 Å². The van der Waals surface area contributed by atoms with Crippen molar-refractivity contribution in [2.45, 2.75) is 12.6 Å². The van der Waals surface area contributed by atoms with E-state index in [1.165, 1.54) is 0 Å². The van der Waals surface area contributed by atoms with Crippen molar-refractivity contribution in [3.8, 4) is 5.75 Å². The van der Waals surface area contributed by atoms with Crippen LogP contribution in [-0.4, -0.2) is 11.1 Å². The summed E-state index contributed by atoms with van der Waals surface area (Å²) in [5.41, 5.74) is 7.04. The number of carboxylic acid groups (broad SMARTS) is 1. The molecule has 0 spiro atoms. The van der Waals surface area contributed by atoms with Crippen molar-refractivity contribution < 1.29 is 14.6 Å². The predicted octanol–water partition coefficient (Wildman–Crippen LogP) is 3.00. The molecule has 0 amide bonds. The van der Waals surface area contributed by atoms with E-state index in [1.54, 1.807) is 36.4 Å². The van der Waals surface area contributed by atoms with E-state index in [0.29, 0.717) is 22.9 Å². The Hall–Kier alpha value is -2.04. The van der Waals surface area contributed by atoms with Gasteiger partial charge in [0.1, 0.15) is 18.4 Å². The van der Waals surface area contributed by atoms with Crippen LogP contribution in [0.15, 0.2) is 48.5 Å². The van der Waals surface area contributed by atoms with E-state index < -0.39 is 12.0 Å². The number of ether oxygens (including phenoxy) is 1. The molecule has 0 aliphatic rings. The third-order valence-electron chi connectivity index (χ3n) is 2.80. The standard InChI is InChI=1S/C15H14ClNO3/c16-12-6-4-10(5-7-12)9-20-13-3-1-2-11(8-13)14(17)15(18)19/h1-8,14H,9,17H2,(H,18,19). The molecule has 0 aromatic heterocycles. The van der Waals surface area contributed by atoms with Crippen molar-refractivity contribution in [3.05, 3.63) is 64.7 Å². The van der Waals surface area contributed by atoms with Crippen molar-refractivity contribution in [1.29, 1.82) is 0 Å². The van der Waals surface area contributed by atoms with Crippen LogP contribution in [0.3, 0.4) is 0 Å². The molecule has 20 heavy (non-hydrogen) atoms. The summed E-state index contributed by atoms with van der Waals surface area (Å²) < 4.78 is 5.61. The number of hydrogen-bond donors (Lipinski definition) is 2. The molecule has 0 bridgehead atoms. The van der Waals surface area contributed by atoms with Gasteiger partial charge in [-0.15, -0.1) is 0 Å². The minimum atomic E-state index is -1.07. The second kappa shape index (κ2) is 6.41. The number of carboxylic acids is 1. The van der Waals surface area contributed by atoms with E-state index in [4.69, 9.17) is 27.2 Å². The number of aliphatic carboxylic acids is 1. The molecule has 104 valence electrons. The lowest BCUT2D eigenvalue weighted by atomic mass is 10.1. The van der Waals surface area contributed by atoms with Gasteiger partial charge in [-0.25, -0.2) is 0 Å². The maximum absolute atomic E-state index is 10.8. The van der Waals surface area contributed by atoms with E-state index in [0.717, 1.165) is 5.56 Å². The first-order chi connectivity index (χ1) is 9.56. The zero-order chi connectivity index (χ0) is 14.5. The normalized spacial score (nSPS) is 11.9. The quantitative estimate of drug-likeness (QED) is 0.888. The van der Waals surface area contributed by atoms with Gasteiger partial charge in [-0.3, -0.25) is 4.79 Å². The molecule has 0 heterocycles. The van der Waals surface area contributed by atoms with Gasteiger partial charge >= 0.3 is 5.97 Å². The molecule has 0 aliphatic heterocycles. The molecule has 1 unspecified atom stereocenters. The molecule has 3 N–H and O–H groups in total. The summed E-state index contributed by atoms with van der Waals surface area (Å²) in [7, 11) is 0. The van der Waals surface area contributed by atoms with Crippen molar-refractivity contribution in [2.24, 2.45) is 5.73 Å². The van der Waals surface area contributed by atoms with Crippen LogP contribution in [0, 0.1) is 0 Å². The maximum Gasteiger partial charge on any atom is 0.325 e. The fraction of sp³-hybridized carbons (Fsp3) is 0.133. The van der Waals surface area contributed by atoms with E-state index >= 15 is 0 Å². The Balaban J connectivity index is 2.04. The first kappa shape index (κ1) is 14.4. The van der Waals surface area contributed by atoms with Crippen LogP contribution in [0.1, 0.15) is 17.2 Å². The Labute approximate surface area is 121 Å². The SMILES string of the molecule is NC(C(=O)O)c1cccc(OCc2ccc(Cl)cc2)c1. The van der Waals surface area contributed by atoms with Gasteiger partial charge in [0.2, 0.25) is 0 Å². The van der Waals surface area contributed by atoms with E-state index in [9.17, 15) is 4.79 Å². The van der Waals surface area contributed by atoms with E-state index in [2.05, 4.69) is 0 Å². The predicted molar refractivity (Wildman–Crippen MR) is 76.8 cm³/mol. The Morgan fingerprint density at radius 2 is 1.95 bits per heavy atom. The van der Waals surface area contributed by atoms with E-state index in [1.807, 2.05) is 12.1 Å². The third kappa shape index (κ3) is 3.73. The van der Waals surface area contributed by atoms with Gasteiger partial charge < -0.3 is 15.6 Å². The van der Waals surface area contributed by atoms with Crippen LogP contribution in [0.2, 0.25) is 5.02 Å². The lowest BCUT2D eigenvalue weighted by molar-refractivity contribution is -0.138. The zero-order valence-electron chi connectivity index (χ0n) is 10.6. The average Bonchev–Trinajstić information content (AvgIpc) is 2.46.